The van der Waals surface area contributed by atoms with Gasteiger partial charge in [-0.15, -0.1) is 0 Å². The summed E-state index contributed by atoms with van der Waals surface area (Å²) in [4.78, 5) is 18.1. The van der Waals surface area contributed by atoms with E-state index in [1.165, 1.54) is 6.20 Å². The zero-order chi connectivity index (χ0) is 12.4. The summed E-state index contributed by atoms with van der Waals surface area (Å²) in [5.74, 6) is -0.0711. The Kier molecular flexibility index (Phi) is 3.28. The number of morpholine rings is 1. The van der Waals surface area contributed by atoms with E-state index in [1.54, 1.807) is 17.2 Å². The summed E-state index contributed by atoms with van der Waals surface area (Å²) in [5, 5.41) is 0. The van der Waals surface area contributed by atoms with E-state index in [9.17, 15) is 4.79 Å². The van der Waals surface area contributed by atoms with Crippen molar-refractivity contribution in [2.75, 3.05) is 18.9 Å². The van der Waals surface area contributed by atoms with E-state index >= 15 is 0 Å². The lowest BCUT2D eigenvalue weighted by atomic mass is 10.1. The van der Waals surface area contributed by atoms with Crippen molar-refractivity contribution < 1.29 is 9.53 Å². The van der Waals surface area contributed by atoms with E-state index in [2.05, 4.69) is 4.98 Å². The number of amides is 1. The predicted octanol–water partition coefficient (Wildman–Crippen LogP) is 0.913. The van der Waals surface area contributed by atoms with Gasteiger partial charge in [-0.2, -0.15) is 0 Å². The van der Waals surface area contributed by atoms with Crippen LogP contribution in [0.4, 0.5) is 5.69 Å². The number of pyridine rings is 1. The average molecular weight is 235 g/mol. The van der Waals surface area contributed by atoms with E-state index in [1.807, 2.05) is 13.8 Å². The molecule has 0 radical (unpaired) electrons. The molecule has 1 aliphatic rings. The van der Waals surface area contributed by atoms with Gasteiger partial charge in [0.1, 0.15) is 0 Å². The molecule has 2 unspecified atom stereocenters. The summed E-state index contributed by atoms with van der Waals surface area (Å²) in [6.07, 6.45) is 3.16. The summed E-state index contributed by atoms with van der Waals surface area (Å²) in [7, 11) is 0. The standard InChI is InChI=1S/C12H17N3O2/c1-8-7-17-9(2)6-15(8)12(16)10-5-14-4-3-11(10)13/h3-5,8-9H,6-7H2,1-2H3,(H2,13,14). The van der Waals surface area contributed by atoms with Gasteiger partial charge >= 0.3 is 0 Å². The van der Waals surface area contributed by atoms with Crippen LogP contribution in [0.3, 0.4) is 0 Å². The smallest absolute Gasteiger partial charge is 0.257 e. The van der Waals surface area contributed by atoms with Crippen molar-refractivity contribution in [2.45, 2.75) is 26.0 Å². The maximum Gasteiger partial charge on any atom is 0.257 e. The highest BCUT2D eigenvalue weighted by atomic mass is 16.5. The first-order chi connectivity index (χ1) is 8.09. The molecule has 5 nitrogen and oxygen atoms in total. The highest BCUT2D eigenvalue weighted by molar-refractivity contribution is 5.98. The van der Waals surface area contributed by atoms with E-state index in [0.29, 0.717) is 24.4 Å². The molecule has 2 atom stereocenters. The van der Waals surface area contributed by atoms with Gasteiger partial charge in [-0.05, 0) is 19.9 Å². The molecular formula is C12H17N3O2. The quantitative estimate of drug-likeness (QED) is 0.785. The van der Waals surface area contributed by atoms with Crippen molar-refractivity contribution in [3.05, 3.63) is 24.0 Å². The van der Waals surface area contributed by atoms with Crippen LogP contribution in [0, 0.1) is 0 Å². The monoisotopic (exact) mass is 235 g/mol. The first-order valence-electron chi connectivity index (χ1n) is 5.71. The Morgan fingerprint density at radius 3 is 3.06 bits per heavy atom. The van der Waals surface area contributed by atoms with Gasteiger partial charge in [0.05, 0.1) is 24.3 Å². The molecular weight excluding hydrogens is 218 g/mol. The minimum atomic E-state index is -0.0711. The molecule has 2 heterocycles. The molecule has 1 aromatic heterocycles. The highest BCUT2D eigenvalue weighted by Crippen LogP contribution is 2.18. The highest BCUT2D eigenvalue weighted by Gasteiger charge is 2.29. The van der Waals surface area contributed by atoms with Crippen molar-refractivity contribution in [1.82, 2.24) is 9.88 Å². The van der Waals surface area contributed by atoms with Crippen molar-refractivity contribution in [3.8, 4) is 0 Å². The lowest BCUT2D eigenvalue weighted by molar-refractivity contribution is -0.0386. The van der Waals surface area contributed by atoms with Gasteiger partial charge < -0.3 is 15.4 Å². The molecule has 17 heavy (non-hydrogen) atoms. The number of nitrogens with zero attached hydrogens (tertiary/aromatic N) is 2. The number of aromatic nitrogens is 1. The lowest BCUT2D eigenvalue weighted by Crippen LogP contribution is -2.50. The first kappa shape index (κ1) is 11.9. The third-order valence-corrected chi connectivity index (χ3v) is 2.95. The van der Waals surface area contributed by atoms with Crippen molar-refractivity contribution in [1.29, 1.82) is 0 Å². The Hall–Kier alpha value is -1.62. The van der Waals surface area contributed by atoms with Gasteiger partial charge in [-0.25, -0.2) is 0 Å². The fourth-order valence-corrected chi connectivity index (χ4v) is 1.92. The molecule has 1 aliphatic heterocycles. The third-order valence-electron chi connectivity index (χ3n) is 2.95. The maximum atomic E-state index is 12.3. The largest absolute Gasteiger partial charge is 0.398 e. The average Bonchev–Trinajstić information content (AvgIpc) is 2.32. The van der Waals surface area contributed by atoms with E-state index < -0.39 is 0 Å². The van der Waals surface area contributed by atoms with E-state index in [4.69, 9.17) is 10.5 Å². The SMILES string of the molecule is CC1CN(C(=O)c2cnccc2N)C(C)CO1. The molecule has 2 N–H and O–H groups in total. The minimum absolute atomic E-state index is 0.0630. The maximum absolute atomic E-state index is 12.3. The molecule has 92 valence electrons. The topological polar surface area (TPSA) is 68.5 Å². The summed E-state index contributed by atoms with van der Waals surface area (Å²) >= 11 is 0. The van der Waals surface area contributed by atoms with Crippen molar-refractivity contribution in [3.63, 3.8) is 0 Å². The number of rotatable bonds is 1. The molecule has 2 rings (SSSR count). The second-order valence-electron chi connectivity index (χ2n) is 4.41. The molecule has 1 aromatic rings. The molecule has 0 aliphatic carbocycles. The number of hydrogen-bond donors (Lipinski definition) is 1. The number of anilines is 1. The van der Waals surface area contributed by atoms with Gasteiger partial charge in [0.25, 0.3) is 5.91 Å². The van der Waals surface area contributed by atoms with Gasteiger partial charge in [0, 0.05) is 24.6 Å². The fraction of sp³-hybridized carbons (Fsp3) is 0.500. The normalized spacial score (nSPS) is 24.7. The number of hydrogen-bond acceptors (Lipinski definition) is 4. The lowest BCUT2D eigenvalue weighted by Gasteiger charge is -2.36. The summed E-state index contributed by atoms with van der Waals surface area (Å²) in [5.41, 5.74) is 6.72. The number of ether oxygens (including phenoxy) is 1. The van der Waals surface area contributed by atoms with Crippen molar-refractivity contribution in [2.24, 2.45) is 0 Å². The van der Waals surface area contributed by atoms with Crippen LogP contribution < -0.4 is 5.73 Å². The van der Waals surface area contributed by atoms with E-state index in [-0.39, 0.29) is 18.1 Å². The van der Waals surface area contributed by atoms with Gasteiger partial charge in [-0.3, -0.25) is 9.78 Å². The summed E-state index contributed by atoms with van der Waals surface area (Å²) < 4.78 is 5.50. The summed E-state index contributed by atoms with van der Waals surface area (Å²) in [6.45, 7) is 5.08. The van der Waals surface area contributed by atoms with Crippen LogP contribution in [0.1, 0.15) is 24.2 Å². The zero-order valence-corrected chi connectivity index (χ0v) is 10.1. The first-order valence-corrected chi connectivity index (χ1v) is 5.71. The van der Waals surface area contributed by atoms with Gasteiger partial charge in [-0.1, -0.05) is 0 Å². The van der Waals surface area contributed by atoms with E-state index in [0.717, 1.165) is 0 Å². The number of carbonyl (C=O) groups excluding carboxylic acids is 1. The van der Waals surface area contributed by atoms with Crippen molar-refractivity contribution >= 4 is 11.6 Å². The number of nitrogen functional groups attached to an aromatic ring is 1. The molecule has 0 saturated carbocycles. The number of nitrogens with two attached hydrogens (primary N) is 1. The molecule has 0 spiro atoms. The van der Waals surface area contributed by atoms with Gasteiger partial charge in [0.15, 0.2) is 0 Å². The van der Waals surface area contributed by atoms with Crippen LogP contribution in [-0.2, 0) is 4.74 Å². The van der Waals surface area contributed by atoms with Gasteiger partial charge in [0.2, 0.25) is 0 Å². The Morgan fingerprint density at radius 1 is 1.59 bits per heavy atom. The molecule has 5 heteroatoms. The minimum Gasteiger partial charge on any atom is -0.398 e. The second kappa shape index (κ2) is 4.71. The van der Waals surface area contributed by atoms with Crippen LogP contribution in [0.15, 0.2) is 18.5 Å². The molecule has 1 fully saturated rings. The Bertz CT molecular complexity index is 422. The molecule has 1 saturated heterocycles. The molecule has 1 amide bonds. The number of carbonyl (C=O) groups is 1. The Balaban J connectivity index is 2.22. The van der Waals surface area contributed by atoms with Crippen LogP contribution in [0.2, 0.25) is 0 Å². The Labute approximate surface area is 101 Å². The van der Waals surface area contributed by atoms with Crippen LogP contribution in [-0.4, -0.2) is 41.1 Å². The Morgan fingerprint density at radius 2 is 2.35 bits per heavy atom. The van der Waals surface area contributed by atoms with Crippen LogP contribution in [0.5, 0.6) is 0 Å². The summed E-state index contributed by atoms with van der Waals surface area (Å²) in [6, 6.07) is 1.71. The predicted molar refractivity (Wildman–Crippen MR) is 64.6 cm³/mol. The second-order valence-corrected chi connectivity index (χ2v) is 4.41. The van der Waals surface area contributed by atoms with Crippen LogP contribution >= 0.6 is 0 Å². The zero-order valence-electron chi connectivity index (χ0n) is 10.1. The molecule has 0 bridgehead atoms. The third kappa shape index (κ3) is 2.39. The molecule has 0 aromatic carbocycles. The van der Waals surface area contributed by atoms with Crippen LogP contribution in [0.25, 0.3) is 0 Å². The fourth-order valence-electron chi connectivity index (χ4n) is 1.92.